The summed E-state index contributed by atoms with van der Waals surface area (Å²) in [6, 6.07) is -0.112. The van der Waals surface area contributed by atoms with Gasteiger partial charge in [0.15, 0.2) is 0 Å². The summed E-state index contributed by atoms with van der Waals surface area (Å²) in [4.78, 5) is 11.4. The summed E-state index contributed by atoms with van der Waals surface area (Å²) in [6.07, 6.45) is 1.05. The second-order valence-corrected chi connectivity index (χ2v) is 8.06. The van der Waals surface area contributed by atoms with Crippen LogP contribution >= 0.6 is 0 Å². The lowest BCUT2D eigenvalue weighted by molar-refractivity contribution is -0.123. The lowest BCUT2D eigenvalue weighted by Crippen LogP contribution is -2.57. The fourth-order valence-electron chi connectivity index (χ4n) is 3.10. The predicted molar refractivity (Wildman–Crippen MR) is 78.6 cm³/mol. The Morgan fingerprint density at radius 2 is 1.67 bits per heavy atom. The van der Waals surface area contributed by atoms with Crippen molar-refractivity contribution in [3.05, 3.63) is 0 Å². The third kappa shape index (κ3) is 3.56. The molecule has 2 aliphatic rings. The first-order valence-corrected chi connectivity index (χ1v) is 8.83. The Hall–Kier alpha value is -0.700. The summed E-state index contributed by atoms with van der Waals surface area (Å²) in [5.41, 5.74) is 5.35. The highest BCUT2D eigenvalue weighted by atomic mass is 32.2. The van der Waals surface area contributed by atoms with Crippen molar-refractivity contribution in [1.29, 1.82) is 0 Å². The normalized spacial score (nSPS) is 36.5. The Bertz CT molecular complexity index is 486. The summed E-state index contributed by atoms with van der Waals surface area (Å²) < 4.78 is 34.2. The minimum Gasteiger partial charge on any atom is -0.373 e. The first kappa shape index (κ1) is 16.7. The largest absolute Gasteiger partial charge is 0.373 e. The van der Waals surface area contributed by atoms with Gasteiger partial charge in [-0.05, 0) is 33.6 Å². The number of nitrogens with zero attached hydrogens (tertiary/aromatic N) is 2. The molecule has 2 saturated heterocycles. The van der Waals surface area contributed by atoms with E-state index in [2.05, 4.69) is 0 Å². The van der Waals surface area contributed by atoms with Crippen molar-refractivity contribution in [2.75, 3.05) is 19.6 Å². The molecule has 0 aliphatic carbocycles. The van der Waals surface area contributed by atoms with Crippen LogP contribution in [0.5, 0.6) is 0 Å². The second-order valence-electron chi connectivity index (χ2n) is 6.18. The number of hydrogen-bond donors (Lipinski definition) is 1. The van der Waals surface area contributed by atoms with Crippen LogP contribution in [0.4, 0.5) is 0 Å². The van der Waals surface area contributed by atoms with E-state index < -0.39 is 22.0 Å². The van der Waals surface area contributed by atoms with Crippen molar-refractivity contribution in [3.63, 3.8) is 0 Å². The van der Waals surface area contributed by atoms with E-state index in [0.717, 1.165) is 0 Å². The Kier molecular flexibility index (Phi) is 4.92. The number of amides is 1. The number of hydrogen-bond acceptors (Lipinski definition) is 4. The molecule has 122 valence electrons. The van der Waals surface area contributed by atoms with E-state index in [0.29, 0.717) is 25.9 Å². The number of carbonyl (C=O) groups excluding carboxylic acids is 1. The maximum Gasteiger partial charge on any atom is 0.282 e. The van der Waals surface area contributed by atoms with Crippen molar-refractivity contribution >= 4 is 16.1 Å². The third-order valence-corrected chi connectivity index (χ3v) is 6.29. The molecular weight excluding hydrogens is 294 g/mol. The van der Waals surface area contributed by atoms with Gasteiger partial charge in [-0.15, -0.1) is 0 Å². The van der Waals surface area contributed by atoms with Gasteiger partial charge in [-0.1, -0.05) is 0 Å². The summed E-state index contributed by atoms with van der Waals surface area (Å²) in [6.45, 7) is 6.48. The molecule has 1 amide bonds. The third-order valence-electron chi connectivity index (χ3n) is 4.24. The number of rotatable bonds is 3. The lowest BCUT2D eigenvalue weighted by atomic mass is 9.95. The van der Waals surface area contributed by atoms with Crippen molar-refractivity contribution in [3.8, 4) is 0 Å². The van der Waals surface area contributed by atoms with E-state index in [9.17, 15) is 13.2 Å². The van der Waals surface area contributed by atoms with Crippen molar-refractivity contribution in [1.82, 2.24) is 8.61 Å². The molecule has 0 aromatic rings. The lowest BCUT2D eigenvalue weighted by Gasteiger charge is -2.41. The SMILES string of the molecule is C[C@@H]1CN(S(=O)(=O)N2C[C@H](C(N)=O)CC[C@H]2C)C[C@@H](C)O1. The Morgan fingerprint density at radius 3 is 2.19 bits per heavy atom. The summed E-state index contributed by atoms with van der Waals surface area (Å²) >= 11 is 0. The minimum absolute atomic E-state index is 0.112. The van der Waals surface area contributed by atoms with E-state index in [-0.39, 0.29) is 24.8 Å². The van der Waals surface area contributed by atoms with Gasteiger partial charge in [0, 0.05) is 25.7 Å². The monoisotopic (exact) mass is 319 g/mol. The number of primary amides is 1. The van der Waals surface area contributed by atoms with Crippen molar-refractivity contribution in [2.45, 2.75) is 51.9 Å². The molecule has 0 radical (unpaired) electrons. The molecule has 0 spiro atoms. The number of nitrogens with two attached hydrogens (primary N) is 1. The molecule has 21 heavy (non-hydrogen) atoms. The van der Waals surface area contributed by atoms with E-state index in [1.165, 1.54) is 8.61 Å². The molecule has 0 bridgehead atoms. The molecular formula is C13H25N3O4S. The van der Waals surface area contributed by atoms with Crippen LogP contribution in [0.15, 0.2) is 0 Å². The van der Waals surface area contributed by atoms with Gasteiger partial charge < -0.3 is 10.5 Å². The molecule has 2 rings (SSSR count). The van der Waals surface area contributed by atoms with Crippen molar-refractivity contribution < 1.29 is 17.9 Å². The van der Waals surface area contributed by atoms with Gasteiger partial charge in [-0.2, -0.15) is 17.0 Å². The molecule has 2 N–H and O–H groups in total. The average Bonchev–Trinajstić information content (AvgIpc) is 2.37. The molecule has 0 saturated carbocycles. The van der Waals surface area contributed by atoms with Crippen LogP contribution < -0.4 is 5.73 Å². The van der Waals surface area contributed by atoms with Crippen LogP contribution in [0.3, 0.4) is 0 Å². The topological polar surface area (TPSA) is 92.9 Å². The zero-order valence-corrected chi connectivity index (χ0v) is 13.7. The molecule has 8 heteroatoms. The van der Waals surface area contributed by atoms with Crippen LogP contribution in [-0.4, -0.2) is 60.8 Å². The van der Waals surface area contributed by atoms with E-state index >= 15 is 0 Å². The Balaban J connectivity index is 2.18. The summed E-state index contributed by atoms with van der Waals surface area (Å²) in [5.74, 6) is -0.822. The molecule has 0 unspecified atom stereocenters. The molecule has 0 aromatic heterocycles. The van der Waals surface area contributed by atoms with Gasteiger partial charge in [0.1, 0.15) is 0 Å². The molecule has 2 fully saturated rings. The van der Waals surface area contributed by atoms with Crippen LogP contribution in [0.1, 0.15) is 33.6 Å². The van der Waals surface area contributed by atoms with Gasteiger partial charge in [-0.25, -0.2) is 0 Å². The van der Waals surface area contributed by atoms with Gasteiger partial charge in [-0.3, -0.25) is 4.79 Å². The zero-order valence-electron chi connectivity index (χ0n) is 12.9. The maximum atomic E-state index is 12.9. The summed E-state index contributed by atoms with van der Waals surface area (Å²) in [5, 5.41) is 0. The van der Waals surface area contributed by atoms with Crippen LogP contribution in [0.25, 0.3) is 0 Å². The zero-order chi connectivity index (χ0) is 15.8. The molecule has 7 nitrogen and oxygen atoms in total. The van der Waals surface area contributed by atoms with Crippen LogP contribution in [-0.2, 0) is 19.7 Å². The molecule has 4 atom stereocenters. The van der Waals surface area contributed by atoms with Crippen molar-refractivity contribution in [2.24, 2.45) is 11.7 Å². The van der Waals surface area contributed by atoms with Gasteiger partial charge >= 0.3 is 0 Å². The Labute approximate surface area is 126 Å². The minimum atomic E-state index is -3.59. The van der Waals surface area contributed by atoms with E-state index in [1.807, 2.05) is 20.8 Å². The van der Waals surface area contributed by atoms with E-state index in [1.54, 1.807) is 0 Å². The molecule has 2 heterocycles. The standard InChI is InChI=1S/C13H25N3O4S/c1-9-4-5-12(13(14)17)8-16(9)21(18,19)15-6-10(2)20-11(3)7-15/h9-12H,4-8H2,1-3H3,(H2,14,17)/t9-,10-,11-,12-/m1/s1. The fraction of sp³-hybridized carbons (Fsp3) is 0.923. The van der Waals surface area contributed by atoms with Gasteiger partial charge in [0.25, 0.3) is 10.2 Å². The number of morpholine rings is 1. The predicted octanol–water partition coefficient (Wildman–Crippen LogP) is -0.0738. The highest BCUT2D eigenvalue weighted by molar-refractivity contribution is 7.86. The fourth-order valence-corrected chi connectivity index (χ4v) is 5.12. The first-order chi connectivity index (χ1) is 9.71. The maximum absolute atomic E-state index is 12.9. The van der Waals surface area contributed by atoms with Gasteiger partial charge in [0.05, 0.1) is 18.1 Å². The Morgan fingerprint density at radius 1 is 1.10 bits per heavy atom. The smallest absolute Gasteiger partial charge is 0.282 e. The number of carbonyl (C=O) groups is 1. The van der Waals surface area contributed by atoms with Crippen LogP contribution in [0, 0.1) is 5.92 Å². The second kappa shape index (κ2) is 6.20. The molecule has 2 aliphatic heterocycles. The highest BCUT2D eigenvalue weighted by Gasteiger charge is 2.41. The van der Waals surface area contributed by atoms with Gasteiger partial charge in [0.2, 0.25) is 5.91 Å². The number of piperidine rings is 1. The number of ether oxygens (including phenoxy) is 1. The van der Waals surface area contributed by atoms with E-state index in [4.69, 9.17) is 10.5 Å². The molecule has 0 aromatic carbocycles. The first-order valence-electron chi connectivity index (χ1n) is 7.43. The highest BCUT2D eigenvalue weighted by Crippen LogP contribution is 2.27. The quantitative estimate of drug-likeness (QED) is 0.788. The van der Waals surface area contributed by atoms with Crippen LogP contribution in [0.2, 0.25) is 0 Å². The summed E-state index contributed by atoms with van der Waals surface area (Å²) in [7, 11) is -3.59. The average molecular weight is 319 g/mol.